The number of benzene rings is 1. The fourth-order valence-electron chi connectivity index (χ4n) is 3.75. The van der Waals surface area contributed by atoms with Crippen LogP contribution in [0.15, 0.2) is 30.3 Å². The van der Waals surface area contributed by atoms with Gasteiger partial charge in [0, 0.05) is 23.5 Å². The molecule has 0 heterocycles. The van der Waals surface area contributed by atoms with E-state index in [4.69, 9.17) is 0 Å². The molecule has 3 rings (SSSR count). The summed E-state index contributed by atoms with van der Waals surface area (Å²) in [6.07, 6.45) is 2.73. The highest BCUT2D eigenvalue weighted by molar-refractivity contribution is 5.95. The number of carbonyl (C=O) groups excluding carboxylic acids is 2. The zero-order valence-electron chi connectivity index (χ0n) is 10.5. The van der Waals surface area contributed by atoms with Crippen LogP contribution in [0.4, 0.5) is 5.69 Å². The highest BCUT2D eigenvalue weighted by Crippen LogP contribution is 2.52. The molecule has 1 N–H and O–H groups in total. The molecule has 2 aliphatic rings. The van der Waals surface area contributed by atoms with Gasteiger partial charge < -0.3 is 15.2 Å². The first-order valence-corrected chi connectivity index (χ1v) is 6.73. The molecule has 4 nitrogen and oxygen atoms in total. The molecule has 1 aromatic rings. The molecule has 0 unspecified atom stereocenters. The van der Waals surface area contributed by atoms with Gasteiger partial charge in [-0.15, -0.1) is 0 Å². The summed E-state index contributed by atoms with van der Waals surface area (Å²) < 4.78 is 0. The molecule has 4 heteroatoms. The lowest BCUT2D eigenvalue weighted by atomic mass is 9.78. The lowest BCUT2D eigenvalue weighted by Crippen LogP contribution is -2.43. The predicted molar refractivity (Wildman–Crippen MR) is 67.9 cm³/mol. The Balaban J connectivity index is 1.77. The first-order chi connectivity index (χ1) is 9.16. The number of hydrogen-bond acceptors (Lipinski definition) is 3. The summed E-state index contributed by atoms with van der Waals surface area (Å²) >= 11 is 0. The molecule has 19 heavy (non-hydrogen) atoms. The zero-order valence-corrected chi connectivity index (χ0v) is 10.5. The van der Waals surface area contributed by atoms with Crippen molar-refractivity contribution in [3.63, 3.8) is 0 Å². The average Bonchev–Trinajstić information content (AvgIpc) is 2.99. The molecule has 2 aliphatic carbocycles. The number of carbonyl (C=O) groups is 2. The van der Waals surface area contributed by atoms with Gasteiger partial charge in [0.05, 0.1) is 0 Å². The van der Waals surface area contributed by atoms with Crippen LogP contribution in [-0.2, 0) is 9.59 Å². The van der Waals surface area contributed by atoms with Crippen molar-refractivity contribution in [1.29, 1.82) is 0 Å². The van der Waals surface area contributed by atoms with Gasteiger partial charge in [0.1, 0.15) is 0 Å². The molecule has 0 aliphatic heterocycles. The number of nitrogens with one attached hydrogen (secondary N) is 1. The molecule has 2 bridgehead atoms. The van der Waals surface area contributed by atoms with Crippen molar-refractivity contribution in [3.05, 3.63) is 30.3 Å². The number of carboxylic acid groups (broad SMARTS) is 1. The highest BCUT2D eigenvalue weighted by Gasteiger charge is 2.51. The lowest BCUT2D eigenvalue weighted by Gasteiger charge is -2.30. The fraction of sp³-hybridized carbons (Fsp3) is 0.467. The van der Waals surface area contributed by atoms with Crippen LogP contribution in [0, 0.1) is 23.7 Å². The Bertz CT molecular complexity index is 499. The van der Waals surface area contributed by atoms with E-state index in [1.54, 1.807) is 12.1 Å². The summed E-state index contributed by atoms with van der Waals surface area (Å²) in [5, 5.41) is 14.1. The molecule has 0 radical (unpaired) electrons. The van der Waals surface area contributed by atoms with Crippen molar-refractivity contribution < 1.29 is 14.7 Å². The minimum atomic E-state index is -1.07. The maximum atomic E-state index is 12.3. The van der Waals surface area contributed by atoms with Crippen molar-refractivity contribution in [1.82, 2.24) is 0 Å². The first-order valence-electron chi connectivity index (χ1n) is 6.73. The SMILES string of the molecule is O=C(Nc1ccccc1)[C@@H]1[C@H]2CC[C@@H](C2)[C@@H]1C(=O)[O-]. The fourth-order valence-corrected chi connectivity index (χ4v) is 3.75. The quantitative estimate of drug-likeness (QED) is 0.880. The van der Waals surface area contributed by atoms with Crippen LogP contribution in [0.1, 0.15) is 19.3 Å². The maximum absolute atomic E-state index is 12.3. The number of para-hydroxylation sites is 1. The minimum Gasteiger partial charge on any atom is -0.550 e. The van der Waals surface area contributed by atoms with Gasteiger partial charge >= 0.3 is 0 Å². The minimum absolute atomic E-state index is 0.126. The Labute approximate surface area is 111 Å². The summed E-state index contributed by atoms with van der Waals surface area (Å²) in [5.41, 5.74) is 0.715. The van der Waals surface area contributed by atoms with Crippen molar-refractivity contribution in [2.24, 2.45) is 23.7 Å². The summed E-state index contributed by atoms with van der Waals surface area (Å²) in [6.45, 7) is 0. The van der Waals surface area contributed by atoms with E-state index in [1.807, 2.05) is 18.2 Å². The van der Waals surface area contributed by atoms with E-state index in [1.165, 1.54) is 0 Å². The first kappa shape index (κ1) is 12.2. The third kappa shape index (κ3) is 2.11. The Hall–Kier alpha value is -1.84. The van der Waals surface area contributed by atoms with E-state index in [0.717, 1.165) is 19.3 Å². The number of amides is 1. The number of carboxylic acids is 1. The molecule has 2 fully saturated rings. The number of fused-ring (bicyclic) bond motifs is 2. The smallest absolute Gasteiger partial charge is 0.228 e. The average molecular weight is 258 g/mol. The van der Waals surface area contributed by atoms with Crippen LogP contribution < -0.4 is 10.4 Å². The third-order valence-electron chi connectivity index (χ3n) is 4.53. The van der Waals surface area contributed by atoms with E-state index in [0.29, 0.717) is 5.69 Å². The van der Waals surface area contributed by atoms with Crippen LogP contribution in [-0.4, -0.2) is 11.9 Å². The summed E-state index contributed by atoms with van der Waals surface area (Å²) in [6, 6.07) is 9.16. The second-order valence-electron chi connectivity index (χ2n) is 5.56. The van der Waals surface area contributed by atoms with Crippen LogP contribution in [0.25, 0.3) is 0 Å². The molecule has 0 aromatic heterocycles. The van der Waals surface area contributed by atoms with E-state index < -0.39 is 17.8 Å². The monoisotopic (exact) mass is 258 g/mol. The molecule has 1 amide bonds. The third-order valence-corrected chi connectivity index (χ3v) is 4.53. The topological polar surface area (TPSA) is 69.2 Å². The van der Waals surface area contributed by atoms with Gasteiger partial charge in [-0.05, 0) is 43.2 Å². The summed E-state index contributed by atoms with van der Waals surface area (Å²) in [7, 11) is 0. The predicted octanol–water partition coefficient (Wildman–Crippen LogP) is 1.04. The van der Waals surface area contributed by atoms with Gasteiger partial charge in [0.2, 0.25) is 5.91 Å². The van der Waals surface area contributed by atoms with E-state index in [9.17, 15) is 14.7 Å². The molecule has 4 atom stereocenters. The van der Waals surface area contributed by atoms with E-state index in [-0.39, 0.29) is 17.7 Å². The van der Waals surface area contributed by atoms with Crippen molar-refractivity contribution in [3.8, 4) is 0 Å². The number of hydrogen-bond donors (Lipinski definition) is 1. The van der Waals surface area contributed by atoms with E-state index >= 15 is 0 Å². The largest absolute Gasteiger partial charge is 0.550 e. The van der Waals surface area contributed by atoms with Crippen molar-refractivity contribution >= 4 is 17.6 Å². The number of aliphatic carboxylic acids is 1. The van der Waals surface area contributed by atoms with Gasteiger partial charge in [-0.1, -0.05) is 18.2 Å². The Morgan fingerprint density at radius 3 is 2.32 bits per heavy atom. The molecular weight excluding hydrogens is 242 g/mol. The number of anilines is 1. The van der Waals surface area contributed by atoms with E-state index in [2.05, 4.69) is 5.32 Å². The molecule has 0 spiro atoms. The van der Waals surface area contributed by atoms with Gasteiger partial charge in [0.25, 0.3) is 0 Å². The van der Waals surface area contributed by atoms with Gasteiger partial charge in [-0.25, -0.2) is 0 Å². The second kappa shape index (κ2) is 4.68. The van der Waals surface area contributed by atoms with Crippen molar-refractivity contribution in [2.75, 3.05) is 5.32 Å². The van der Waals surface area contributed by atoms with Gasteiger partial charge in [-0.2, -0.15) is 0 Å². The molecule has 2 saturated carbocycles. The Morgan fingerprint density at radius 1 is 1.05 bits per heavy atom. The number of rotatable bonds is 3. The zero-order chi connectivity index (χ0) is 13.4. The molecule has 1 aromatic carbocycles. The lowest BCUT2D eigenvalue weighted by molar-refractivity contribution is -0.314. The van der Waals surface area contributed by atoms with Crippen LogP contribution in [0.2, 0.25) is 0 Å². The Morgan fingerprint density at radius 2 is 1.68 bits per heavy atom. The van der Waals surface area contributed by atoms with Gasteiger partial charge in [0.15, 0.2) is 0 Å². The van der Waals surface area contributed by atoms with Gasteiger partial charge in [-0.3, -0.25) is 4.79 Å². The molecule has 0 saturated heterocycles. The highest BCUT2D eigenvalue weighted by atomic mass is 16.4. The molecular formula is C15H16NO3-. The van der Waals surface area contributed by atoms with Crippen LogP contribution >= 0.6 is 0 Å². The summed E-state index contributed by atoms with van der Waals surface area (Å²) in [4.78, 5) is 23.6. The molecule has 100 valence electrons. The summed E-state index contributed by atoms with van der Waals surface area (Å²) in [5.74, 6) is -1.95. The van der Waals surface area contributed by atoms with Crippen LogP contribution in [0.3, 0.4) is 0 Å². The second-order valence-corrected chi connectivity index (χ2v) is 5.56. The normalized spacial score (nSPS) is 32.2. The maximum Gasteiger partial charge on any atom is 0.228 e. The van der Waals surface area contributed by atoms with Crippen molar-refractivity contribution in [2.45, 2.75) is 19.3 Å². The van der Waals surface area contributed by atoms with Crippen LogP contribution in [0.5, 0.6) is 0 Å². The Kier molecular flexibility index (Phi) is 3.01. The standard InChI is InChI=1S/C15H17NO3/c17-14(16-11-4-2-1-3-5-11)12-9-6-7-10(8-9)13(12)15(18)19/h1-5,9-10,12-13H,6-8H2,(H,16,17)(H,18,19)/p-1/t9-,10-,12+,13-/m0/s1.